The van der Waals surface area contributed by atoms with E-state index >= 15 is 0 Å². The highest BCUT2D eigenvalue weighted by molar-refractivity contribution is 6.08. The number of aliphatic hydroxyl groups excluding tert-OH is 1. The van der Waals surface area contributed by atoms with Gasteiger partial charge in [0.25, 0.3) is 11.8 Å². The number of amides is 2. The van der Waals surface area contributed by atoms with Gasteiger partial charge in [-0.1, -0.05) is 30.8 Å². The number of carbonyl (C=O) groups excluding carboxylic acids is 2. The van der Waals surface area contributed by atoms with E-state index in [2.05, 4.69) is 27.2 Å². The number of aryl methyl sites for hydroxylation is 1. The molecule has 2 heterocycles. The summed E-state index contributed by atoms with van der Waals surface area (Å²) in [6.07, 6.45) is 1.93. The van der Waals surface area contributed by atoms with E-state index in [1.54, 1.807) is 19.1 Å². The summed E-state index contributed by atoms with van der Waals surface area (Å²) in [4.78, 5) is 33.0. The fourth-order valence-corrected chi connectivity index (χ4v) is 4.02. The third kappa shape index (κ3) is 4.82. The maximum Gasteiger partial charge on any atom is 0.251 e. The second kappa shape index (κ2) is 10.4. The van der Waals surface area contributed by atoms with E-state index in [1.807, 2.05) is 48.0 Å². The van der Waals surface area contributed by atoms with E-state index < -0.39 is 0 Å². The minimum absolute atomic E-state index is 0.0216. The molecule has 9 nitrogen and oxygen atoms in total. The van der Waals surface area contributed by atoms with Crippen molar-refractivity contribution >= 4 is 34.4 Å². The number of aromatic nitrogens is 3. The third-order valence-corrected chi connectivity index (χ3v) is 5.86. The molecule has 0 unspecified atom stereocenters. The van der Waals surface area contributed by atoms with Crippen LogP contribution in [0.2, 0.25) is 0 Å². The van der Waals surface area contributed by atoms with Crippen molar-refractivity contribution in [2.45, 2.75) is 13.3 Å². The molecule has 0 saturated carbocycles. The largest absolute Gasteiger partial charge is 0.396 e. The lowest BCUT2D eigenvalue weighted by Crippen LogP contribution is -2.24. The van der Waals surface area contributed by atoms with Crippen molar-refractivity contribution < 1.29 is 14.7 Å². The average molecular weight is 485 g/mol. The van der Waals surface area contributed by atoms with Gasteiger partial charge in [0.15, 0.2) is 0 Å². The topological polar surface area (TPSA) is 135 Å². The molecule has 0 spiro atoms. The summed E-state index contributed by atoms with van der Waals surface area (Å²) in [6, 6.07) is 14.7. The maximum atomic E-state index is 12.4. The number of nitrogens with one attached hydrogen (secondary N) is 2. The van der Waals surface area contributed by atoms with Crippen molar-refractivity contribution in [2.24, 2.45) is 7.05 Å². The zero-order valence-electron chi connectivity index (χ0n) is 20.2. The van der Waals surface area contributed by atoms with Crippen LogP contribution in [0.4, 0.5) is 11.5 Å². The van der Waals surface area contributed by atoms with Crippen molar-refractivity contribution in [3.63, 3.8) is 0 Å². The maximum absolute atomic E-state index is 12.4. The van der Waals surface area contributed by atoms with Gasteiger partial charge in [-0.05, 0) is 48.7 Å². The second-order valence-electron chi connectivity index (χ2n) is 8.46. The second-order valence-corrected chi connectivity index (χ2v) is 8.46. The Hall–Kier alpha value is -4.50. The van der Waals surface area contributed by atoms with Gasteiger partial charge in [0, 0.05) is 42.6 Å². The number of fused-ring (bicyclic) bond motifs is 1. The van der Waals surface area contributed by atoms with Crippen molar-refractivity contribution in [1.29, 1.82) is 0 Å². The first-order chi connectivity index (χ1) is 17.3. The molecule has 5 N–H and O–H groups in total. The molecule has 9 heteroatoms. The van der Waals surface area contributed by atoms with Gasteiger partial charge in [0.1, 0.15) is 17.8 Å². The molecule has 0 bridgehead atoms. The van der Waals surface area contributed by atoms with Crippen molar-refractivity contribution in [1.82, 2.24) is 19.9 Å². The van der Waals surface area contributed by atoms with E-state index in [-0.39, 0.29) is 18.4 Å². The summed E-state index contributed by atoms with van der Waals surface area (Å²) in [7, 11) is 1.91. The molecule has 4 aromatic rings. The summed E-state index contributed by atoms with van der Waals surface area (Å²) >= 11 is 0. The molecule has 0 aliphatic rings. The lowest BCUT2D eigenvalue weighted by Gasteiger charge is -2.11. The van der Waals surface area contributed by atoms with Crippen LogP contribution >= 0.6 is 0 Å². The number of nitrogens with two attached hydrogens (primary N) is 1. The molecule has 2 aromatic heterocycles. The molecule has 0 saturated heterocycles. The summed E-state index contributed by atoms with van der Waals surface area (Å²) in [6.45, 7) is 5.75. The zero-order chi connectivity index (χ0) is 25.8. The monoisotopic (exact) mass is 484 g/mol. The fraction of sp³-hybridized carbons (Fsp3) is 0.185. The zero-order valence-corrected chi connectivity index (χ0v) is 20.2. The van der Waals surface area contributed by atoms with E-state index in [4.69, 9.17) is 10.8 Å². The highest BCUT2D eigenvalue weighted by atomic mass is 16.3. The lowest BCUT2D eigenvalue weighted by atomic mass is 9.97. The van der Waals surface area contributed by atoms with E-state index in [0.717, 1.165) is 27.8 Å². The first-order valence-corrected chi connectivity index (χ1v) is 11.5. The van der Waals surface area contributed by atoms with Gasteiger partial charge in [-0.25, -0.2) is 9.97 Å². The molecule has 2 aromatic carbocycles. The summed E-state index contributed by atoms with van der Waals surface area (Å²) in [5.41, 5.74) is 12.0. The molecule has 36 heavy (non-hydrogen) atoms. The summed E-state index contributed by atoms with van der Waals surface area (Å²) < 4.78 is 1.96. The minimum Gasteiger partial charge on any atom is -0.396 e. The van der Waals surface area contributed by atoms with E-state index in [9.17, 15) is 9.59 Å². The van der Waals surface area contributed by atoms with E-state index in [0.29, 0.717) is 41.3 Å². The first kappa shape index (κ1) is 24.6. The van der Waals surface area contributed by atoms with Crippen LogP contribution in [-0.4, -0.2) is 44.6 Å². The third-order valence-electron chi connectivity index (χ3n) is 5.86. The van der Waals surface area contributed by atoms with Gasteiger partial charge in [-0.3, -0.25) is 9.59 Å². The van der Waals surface area contributed by atoms with Gasteiger partial charge < -0.3 is 26.0 Å². The van der Waals surface area contributed by atoms with Crippen LogP contribution in [0.15, 0.2) is 67.0 Å². The van der Waals surface area contributed by atoms with Gasteiger partial charge in [0.2, 0.25) is 0 Å². The Balaban J connectivity index is 1.78. The van der Waals surface area contributed by atoms with Crippen LogP contribution in [-0.2, 0) is 11.8 Å². The average Bonchev–Trinajstić information content (AvgIpc) is 3.18. The number of nitrogens with zero attached hydrogens (tertiary/aromatic N) is 3. The standard InChI is InChI=1S/C27H28N6O3/c1-16(2)26(35)32-20-11-9-18(10-12-20)23-21(22-24(28)30-15-31-25(22)33(23)3)17-5-7-19(8-6-17)27(36)29-13-4-14-34/h5-12,15,34H,1,4,13-14H2,2-3H3,(H,29,36)(H,32,35)(H2,28,30,31). The van der Waals surface area contributed by atoms with Crippen molar-refractivity contribution in [3.8, 4) is 22.4 Å². The number of rotatable bonds is 8. The van der Waals surface area contributed by atoms with Crippen LogP contribution in [0.5, 0.6) is 0 Å². The Labute approximate surface area is 208 Å². The predicted octanol–water partition coefficient (Wildman–Crippen LogP) is 3.51. The fourth-order valence-electron chi connectivity index (χ4n) is 4.02. The summed E-state index contributed by atoms with van der Waals surface area (Å²) in [5.74, 6) is -0.0898. The molecule has 0 aliphatic heterocycles. The molecule has 0 atom stereocenters. The van der Waals surface area contributed by atoms with Crippen molar-refractivity contribution in [2.75, 3.05) is 24.2 Å². The Morgan fingerprint density at radius 3 is 2.36 bits per heavy atom. The number of nitrogen functional groups attached to an aromatic ring is 1. The SMILES string of the molecule is C=C(C)C(=O)Nc1ccc(-c2c(-c3ccc(C(=O)NCCCO)cc3)c3c(N)ncnc3n2C)cc1. The molecular weight excluding hydrogens is 456 g/mol. The molecule has 0 aliphatic carbocycles. The number of hydrogen-bond donors (Lipinski definition) is 4. The summed E-state index contributed by atoms with van der Waals surface area (Å²) in [5, 5.41) is 15.2. The van der Waals surface area contributed by atoms with Crippen LogP contribution in [0, 0.1) is 0 Å². The smallest absolute Gasteiger partial charge is 0.251 e. The minimum atomic E-state index is -0.239. The Morgan fingerprint density at radius 1 is 1.06 bits per heavy atom. The Bertz CT molecular complexity index is 1440. The molecule has 4 rings (SSSR count). The van der Waals surface area contributed by atoms with Gasteiger partial charge >= 0.3 is 0 Å². The number of carbonyl (C=O) groups is 2. The van der Waals surface area contributed by atoms with Crippen LogP contribution in [0.3, 0.4) is 0 Å². The number of benzene rings is 2. The van der Waals surface area contributed by atoms with Gasteiger partial charge in [-0.2, -0.15) is 0 Å². The van der Waals surface area contributed by atoms with Crippen molar-refractivity contribution in [3.05, 3.63) is 72.6 Å². The van der Waals surface area contributed by atoms with Gasteiger partial charge in [-0.15, -0.1) is 0 Å². The lowest BCUT2D eigenvalue weighted by molar-refractivity contribution is -0.112. The number of anilines is 2. The quantitative estimate of drug-likeness (QED) is 0.223. The van der Waals surface area contributed by atoms with Crippen LogP contribution in [0.25, 0.3) is 33.4 Å². The normalized spacial score (nSPS) is 10.9. The molecule has 2 amide bonds. The molecule has 0 fully saturated rings. The Kier molecular flexibility index (Phi) is 7.12. The highest BCUT2D eigenvalue weighted by Gasteiger charge is 2.22. The number of hydrogen-bond acceptors (Lipinski definition) is 6. The molecular formula is C27H28N6O3. The Morgan fingerprint density at radius 2 is 1.72 bits per heavy atom. The molecule has 0 radical (unpaired) electrons. The predicted molar refractivity (Wildman–Crippen MR) is 141 cm³/mol. The van der Waals surface area contributed by atoms with Gasteiger partial charge in [0.05, 0.1) is 11.1 Å². The highest BCUT2D eigenvalue weighted by Crippen LogP contribution is 2.41. The van der Waals surface area contributed by atoms with Crippen LogP contribution < -0.4 is 16.4 Å². The molecule has 184 valence electrons. The first-order valence-electron chi connectivity index (χ1n) is 11.5. The number of aliphatic hydroxyl groups is 1. The van der Waals surface area contributed by atoms with Crippen LogP contribution in [0.1, 0.15) is 23.7 Å². The van der Waals surface area contributed by atoms with E-state index in [1.165, 1.54) is 6.33 Å².